The van der Waals surface area contributed by atoms with Crippen molar-refractivity contribution in [2.75, 3.05) is 0 Å². The van der Waals surface area contributed by atoms with E-state index in [4.69, 9.17) is 10.5 Å². The van der Waals surface area contributed by atoms with Gasteiger partial charge < -0.3 is 10.5 Å². The maximum Gasteiger partial charge on any atom is 0.311 e. The Hall–Kier alpha value is -2.54. The van der Waals surface area contributed by atoms with E-state index in [9.17, 15) is 18.9 Å². The third-order valence-electron chi connectivity index (χ3n) is 2.82. The van der Waals surface area contributed by atoms with Crippen LogP contribution in [0.25, 0.3) is 0 Å². The number of nitrogens with zero attached hydrogens (tertiary/aromatic N) is 1. The number of rotatable bonds is 4. The maximum atomic E-state index is 13.9. The van der Waals surface area contributed by atoms with Gasteiger partial charge in [-0.25, -0.2) is 8.78 Å². The van der Waals surface area contributed by atoms with Crippen molar-refractivity contribution in [1.29, 1.82) is 0 Å². The summed E-state index contributed by atoms with van der Waals surface area (Å²) in [5, 5.41) is 10.8. The van der Waals surface area contributed by atoms with E-state index in [2.05, 4.69) is 0 Å². The Kier molecular flexibility index (Phi) is 4.13. The van der Waals surface area contributed by atoms with Gasteiger partial charge in [-0.05, 0) is 30.7 Å². The van der Waals surface area contributed by atoms with Gasteiger partial charge in [-0.2, -0.15) is 0 Å². The molecule has 2 rings (SSSR count). The molecular formula is C14H12F2N2O3. The maximum absolute atomic E-state index is 13.9. The van der Waals surface area contributed by atoms with Crippen LogP contribution in [0.3, 0.4) is 0 Å². The third-order valence-corrected chi connectivity index (χ3v) is 2.82. The predicted octanol–water partition coefficient (Wildman–Crippen LogP) is 3.69. The number of hydrogen-bond acceptors (Lipinski definition) is 4. The van der Waals surface area contributed by atoms with Gasteiger partial charge in [0.2, 0.25) is 5.75 Å². The second kappa shape index (κ2) is 5.84. The van der Waals surface area contributed by atoms with Crippen molar-refractivity contribution in [2.45, 2.75) is 13.0 Å². The van der Waals surface area contributed by atoms with E-state index < -0.39 is 22.2 Å². The van der Waals surface area contributed by atoms with E-state index in [1.807, 2.05) is 0 Å². The van der Waals surface area contributed by atoms with Crippen molar-refractivity contribution in [2.24, 2.45) is 5.73 Å². The van der Waals surface area contributed by atoms with Crippen LogP contribution in [-0.2, 0) is 0 Å². The minimum atomic E-state index is -0.733. The van der Waals surface area contributed by atoms with Gasteiger partial charge in [0.05, 0.1) is 4.92 Å². The van der Waals surface area contributed by atoms with Gasteiger partial charge in [0.25, 0.3) is 0 Å². The highest BCUT2D eigenvalue weighted by molar-refractivity contribution is 5.49. The molecule has 0 unspecified atom stereocenters. The topological polar surface area (TPSA) is 78.4 Å². The van der Waals surface area contributed by atoms with Crippen LogP contribution >= 0.6 is 0 Å². The summed E-state index contributed by atoms with van der Waals surface area (Å²) >= 11 is 0. The van der Waals surface area contributed by atoms with Crippen molar-refractivity contribution in [1.82, 2.24) is 0 Å². The first-order valence-corrected chi connectivity index (χ1v) is 6.05. The molecule has 0 saturated heterocycles. The van der Waals surface area contributed by atoms with Crippen LogP contribution in [0.2, 0.25) is 0 Å². The van der Waals surface area contributed by atoms with Gasteiger partial charge in [0.15, 0.2) is 11.6 Å². The molecule has 0 radical (unpaired) electrons. The van der Waals surface area contributed by atoms with E-state index in [-0.39, 0.29) is 17.5 Å². The highest BCUT2D eigenvalue weighted by atomic mass is 19.1. The number of ether oxygens (including phenoxy) is 1. The zero-order valence-electron chi connectivity index (χ0n) is 11.0. The zero-order valence-corrected chi connectivity index (χ0v) is 11.0. The second-order valence-electron chi connectivity index (χ2n) is 4.45. The lowest BCUT2D eigenvalue weighted by atomic mass is 10.1. The largest absolute Gasteiger partial charge is 0.447 e. The molecule has 0 spiro atoms. The Bertz CT molecular complexity index is 690. The Morgan fingerprint density at radius 2 is 1.90 bits per heavy atom. The number of nitro groups is 1. The fourth-order valence-electron chi connectivity index (χ4n) is 1.72. The predicted molar refractivity (Wildman–Crippen MR) is 72.1 cm³/mol. The molecule has 0 aromatic heterocycles. The smallest absolute Gasteiger partial charge is 0.311 e. The van der Waals surface area contributed by atoms with Gasteiger partial charge in [0, 0.05) is 18.2 Å². The Morgan fingerprint density at radius 3 is 2.48 bits per heavy atom. The number of benzene rings is 2. The van der Waals surface area contributed by atoms with Gasteiger partial charge in [0.1, 0.15) is 5.82 Å². The minimum absolute atomic E-state index is 0.242. The normalized spacial score (nSPS) is 12.0. The molecule has 0 bridgehead atoms. The van der Waals surface area contributed by atoms with Crippen LogP contribution in [0.5, 0.6) is 11.5 Å². The van der Waals surface area contributed by atoms with Crippen molar-refractivity contribution in [3.63, 3.8) is 0 Å². The summed E-state index contributed by atoms with van der Waals surface area (Å²) in [5.74, 6) is -2.06. The first-order valence-electron chi connectivity index (χ1n) is 6.05. The molecule has 7 heteroatoms. The van der Waals surface area contributed by atoms with Crippen LogP contribution in [0, 0.1) is 21.7 Å². The van der Waals surface area contributed by atoms with E-state index >= 15 is 0 Å². The summed E-state index contributed by atoms with van der Waals surface area (Å²) in [6.45, 7) is 1.69. The molecule has 0 amide bonds. The first-order chi connectivity index (χ1) is 9.88. The van der Waals surface area contributed by atoms with Crippen molar-refractivity contribution < 1.29 is 18.4 Å². The van der Waals surface area contributed by atoms with Gasteiger partial charge in [-0.1, -0.05) is 6.07 Å². The molecular weight excluding hydrogens is 282 g/mol. The Morgan fingerprint density at radius 1 is 1.19 bits per heavy atom. The van der Waals surface area contributed by atoms with Crippen LogP contribution in [-0.4, -0.2) is 4.92 Å². The molecule has 1 atom stereocenters. The average Bonchev–Trinajstić information content (AvgIpc) is 2.40. The summed E-state index contributed by atoms with van der Waals surface area (Å²) in [6.07, 6.45) is 0. The highest BCUT2D eigenvalue weighted by Crippen LogP contribution is 2.33. The molecule has 0 aliphatic rings. The average molecular weight is 294 g/mol. The molecule has 5 nitrogen and oxygen atoms in total. The van der Waals surface area contributed by atoms with Gasteiger partial charge >= 0.3 is 5.69 Å². The number of hydrogen-bond donors (Lipinski definition) is 1. The molecule has 2 aromatic rings. The summed E-state index contributed by atoms with van der Waals surface area (Å²) in [7, 11) is 0. The van der Waals surface area contributed by atoms with Crippen LogP contribution in [0.4, 0.5) is 14.5 Å². The van der Waals surface area contributed by atoms with E-state index in [0.717, 1.165) is 18.2 Å². The lowest BCUT2D eigenvalue weighted by molar-refractivity contribution is -0.385. The molecule has 2 aromatic carbocycles. The SMILES string of the molecule is C[C@H](N)c1ccc(Oc2cc(F)ccc2[N+](=O)[O-])c(F)c1. The van der Waals surface area contributed by atoms with Crippen LogP contribution in [0.15, 0.2) is 36.4 Å². The van der Waals surface area contributed by atoms with Crippen molar-refractivity contribution in [3.8, 4) is 11.5 Å². The molecule has 0 aliphatic carbocycles. The Balaban J connectivity index is 2.38. The minimum Gasteiger partial charge on any atom is -0.447 e. The molecule has 21 heavy (non-hydrogen) atoms. The summed E-state index contributed by atoms with van der Waals surface area (Å²) in [6, 6.07) is 6.36. The van der Waals surface area contributed by atoms with Crippen molar-refractivity contribution >= 4 is 5.69 Å². The number of nitro benzene ring substituents is 1. The molecule has 0 fully saturated rings. The standard InChI is InChI=1S/C14H12F2N2O3/c1-8(17)9-2-5-13(11(16)6-9)21-14-7-10(15)3-4-12(14)18(19)20/h2-8H,17H2,1H3/t8-/m0/s1. The molecule has 0 aliphatic heterocycles. The third kappa shape index (κ3) is 3.32. The van der Waals surface area contributed by atoms with E-state index in [1.165, 1.54) is 18.2 Å². The van der Waals surface area contributed by atoms with Crippen LogP contribution in [0.1, 0.15) is 18.5 Å². The fourth-order valence-corrected chi connectivity index (χ4v) is 1.72. The second-order valence-corrected chi connectivity index (χ2v) is 4.45. The van der Waals surface area contributed by atoms with Crippen LogP contribution < -0.4 is 10.5 Å². The summed E-state index contributed by atoms with van der Waals surface area (Å²) in [4.78, 5) is 10.1. The molecule has 2 N–H and O–H groups in total. The monoisotopic (exact) mass is 294 g/mol. The summed E-state index contributed by atoms with van der Waals surface area (Å²) in [5.41, 5.74) is 5.72. The van der Waals surface area contributed by atoms with Gasteiger partial charge in [-0.15, -0.1) is 0 Å². The van der Waals surface area contributed by atoms with E-state index in [1.54, 1.807) is 6.92 Å². The molecule has 0 heterocycles. The Labute approximate surface area is 119 Å². The van der Waals surface area contributed by atoms with Gasteiger partial charge in [-0.3, -0.25) is 10.1 Å². The summed E-state index contributed by atoms with van der Waals surface area (Å²) < 4.78 is 32.2. The zero-order chi connectivity index (χ0) is 15.6. The lowest BCUT2D eigenvalue weighted by Gasteiger charge is -2.10. The molecule has 110 valence electrons. The fraction of sp³-hybridized carbons (Fsp3) is 0.143. The van der Waals surface area contributed by atoms with Crippen molar-refractivity contribution in [3.05, 3.63) is 63.7 Å². The number of halogens is 2. The molecule has 0 saturated carbocycles. The highest BCUT2D eigenvalue weighted by Gasteiger charge is 2.18. The lowest BCUT2D eigenvalue weighted by Crippen LogP contribution is -2.05. The number of nitrogens with two attached hydrogens (primary N) is 1. The first kappa shape index (κ1) is 14.9. The quantitative estimate of drug-likeness (QED) is 0.689. The van der Waals surface area contributed by atoms with E-state index in [0.29, 0.717) is 5.56 Å².